The van der Waals surface area contributed by atoms with Crippen molar-refractivity contribution in [1.29, 1.82) is 0 Å². The summed E-state index contributed by atoms with van der Waals surface area (Å²) < 4.78 is 16.7. The lowest BCUT2D eigenvalue weighted by atomic mass is 9.91. The molecule has 25 heavy (non-hydrogen) atoms. The molecule has 0 bridgehead atoms. The lowest BCUT2D eigenvalue weighted by molar-refractivity contribution is -0.164. The first-order valence-corrected chi connectivity index (χ1v) is 8.66. The van der Waals surface area contributed by atoms with E-state index in [1.54, 1.807) is 6.92 Å². The van der Waals surface area contributed by atoms with Gasteiger partial charge in [0, 0.05) is 6.61 Å². The molecule has 2 N–H and O–H groups in total. The van der Waals surface area contributed by atoms with Crippen molar-refractivity contribution in [3.63, 3.8) is 0 Å². The second-order valence-electron chi connectivity index (χ2n) is 6.87. The maximum Gasteiger partial charge on any atom is 0.326 e. The van der Waals surface area contributed by atoms with E-state index in [0.29, 0.717) is 13.0 Å². The molecule has 1 heterocycles. The molecule has 0 unspecified atom stereocenters. The largest absolute Gasteiger partial charge is 0.463 e. The topological polar surface area (TPSA) is 87.8 Å². The fourth-order valence-electron chi connectivity index (χ4n) is 2.77. The Balaban J connectivity index is 2.28. The van der Waals surface area contributed by atoms with Crippen LogP contribution in [0.25, 0.3) is 0 Å². The van der Waals surface area contributed by atoms with Gasteiger partial charge >= 0.3 is 11.9 Å². The van der Waals surface area contributed by atoms with Crippen LogP contribution in [0, 0.1) is 11.8 Å². The summed E-state index contributed by atoms with van der Waals surface area (Å²) in [6, 6.07) is 8.66. The molecule has 138 valence electrons. The van der Waals surface area contributed by atoms with Gasteiger partial charge in [0.15, 0.2) is 0 Å². The van der Waals surface area contributed by atoms with Gasteiger partial charge in [-0.25, -0.2) is 0 Å². The fourth-order valence-corrected chi connectivity index (χ4v) is 2.77. The van der Waals surface area contributed by atoms with Crippen molar-refractivity contribution in [2.75, 3.05) is 13.2 Å². The maximum absolute atomic E-state index is 12.7. The Hall–Kier alpha value is -1.92. The van der Waals surface area contributed by atoms with Gasteiger partial charge < -0.3 is 19.9 Å². The summed E-state index contributed by atoms with van der Waals surface area (Å²) >= 11 is 0. The quantitative estimate of drug-likeness (QED) is 0.814. The molecule has 0 aromatic heterocycles. The summed E-state index contributed by atoms with van der Waals surface area (Å²) in [5.74, 6) is -1.29. The number of hydrogen-bond acceptors (Lipinski definition) is 6. The number of nitrogens with two attached hydrogens (primary N) is 1. The molecule has 0 spiro atoms. The third-order valence-corrected chi connectivity index (χ3v) is 4.09. The van der Waals surface area contributed by atoms with E-state index >= 15 is 0 Å². The average molecular weight is 349 g/mol. The van der Waals surface area contributed by atoms with Crippen molar-refractivity contribution in [3.05, 3.63) is 35.9 Å². The van der Waals surface area contributed by atoms with Gasteiger partial charge in [-0.2, -0.15) is 0 Å². The molecule has 1 fully saturated rings. The van der Waals surface area contributed by atoms with E-state index in [9.17, 15) is 9.59 Å². The van der Waals surface area contributed by atoms with Gasteiger partial charge in [-0.1, -0.05) is 44.2 Å². The molecule has 1 saturated heterocycles. The molecule has 1 aromatic rings. The van der Waals surface area contributed by atoms with Gasteiger partial charge in [0.25, 0.3) is 0 Å². The van der Waals surface area contributed by atoms with Crippen LogP contribution >= 0.6 is 0 Å². The Morgan fingerprint density at radius 2 is 1.88 bits per heavy atom. The minimum atomic E-state index is -0.979. The van der Waals surface area contributed by atoms with Crippen molar-refractivity contribution in [2.45, 2.75) is 45.4 Å². The highest BCUT2D eigenvalue weighted by Crippen LogP contribution is 2.24. The summed E-state index contributed by atoms with van der Waals surface area (Å²) in [7, 11) is 0. The number of ether oxygens (including phenoxy) is 3. The number of rotatable bonds is 5. The molecule has 0 amide bonds. The molecule has 6 nitrogen and oxygen atoms in total. The van der Waals surface area contributed by atoms with Gasteiger partial charge in [-0.15, -0.1) is 0 Å². The van der Waals surface area contributed by atoms with Crippen molar-refractivity contribution in [1.82, 2.24) is 0 Å². The van der Waals surface area contributed by atoms with Gasteiger partial charge in [0.05, 0.1) is 5.92 Å². The van der Waals surface area contributed by atoms with Crippen LogP contribution in [0.2, 0.25) is 0 Å². The zero-order valence-electron chi connectivity index (χ0n) is 15.0. The normalized spacial score (nSPS) is 27.9. The number of carbonyl (C=O) groups excluding carboxylic acids is 2. The van der Waals surface area contributed by atoms with E-state index < -0.39 is 36.1 Å². The van der Waals surface area contributed by atoms with Gasteiger partial charge in [0.1, 0.15) is 24.9 Å². The molecule has 6 heteroatoms. The van der Waals surface area contributed by atoms with E-state index in [-0.39, 0.29) is 12.5 Å². The molecule has 1 aromatic carbocycles. The van der Waals surface area contributed by atoms with Crippen LogP contribution in [0.5, 0.6) is 0 Å². The van der Waals surface area contributed by atoms with E-state index in [0.717, 1.165) is 5.56 Å². The smallest absolute Gasteiger partial charge is 0.326 e. The third-order valence-electron chi connectivity index (χ3n) is 4.09. The van der Waals surface area contributed by atoms with E-state index in [4.69, 9.17) is 19.9 Å². The molecule has 1 aliphatic heterocycles. The summed E-state index contributed by atoms with van der Waals surface area (Å²) in [4.78, 5) is 24.6. The minimum Gasteiger partial charge on any atom is -0.463 e. The predicted octanol–water partition coefficient (Wildman–Crippen LogP) is 1.70. The SMILES string of the molecule is CC(C)CO[C@H]1[C@H](C)OC(=O)[C@@H](N)COC(=O)[C@@H]1Cc1ccccc1. The van der Waals surface area contributed by atoms with Crippen molar-refractivity contribution in [3.8, 4) is 0 Å². The molecular weight excluding hydrogens is 322 g/mol. The Labute approximate surface area is 148 Å². The molecule has 4 atom stereocenters. The molecule has 0 saturated carbocycles. The highest BCUT2D eigenvalue weighted by molar-refractivity contribution is 5.78. The first-order valence-electron chi connectivity index (χ1n) is 8.66. The zero-order chi connectivity index (χ0) is 18.4. The number of carbonyl (C=O) groups is 2. The van der Waals surface area contributed by atoms with Gasteiger partial charge in [0.2, 0.25) is 0 Å². The number of cyclic esters (lactones) is 2. The highest BCUT2D eigenvalue weighted by atomic mass is 16.6. The second kappa shape index (κ2) is 8.97. The number of hydrogen-bond donors (Lipinski definition) is 1. The van der Waals surface area contributed by atoms with Crippen LogP contribution in [0.1, 0.15) is 26.3 Å². The van der Waals surface area contributed by atoms with Crippen LogP contribution in [-0.2, 0) is 30.2 Å². The first-order chi connectivity index (χ1) is 11.9. The predicted molar refractivity (Wildman–Crippen MR) is 92.7 cm³/mol. The Morgan fingerprint density at radius 3 is 2.52 bits per heavy atom. The van der Waals surface area contributed by atoms with Crippen LogP contribution in [0.15, 0.2) is 30.3 Å². The third kappa shape index (κ3) is 5.54. The van der Waals surface area contributed by atoms with E-state index in [2.05, 4.69) is 0 Å². The molecule has 1 aliphatic rings. The number of esters is 2. The Morgan fingerprint density at radius 1 is 1.20 bits per heavy atom. The van der Waals surface area contributed by atoms with Crippen LogP contribution in [0.3, 0.4) is 0 Å². The lowest BCUT2D eigenvalue weighted by Crippen LogP contribution is -2.43. The summed E-state index contributed by atoms with van der Waals surface area (Å²) in [6.45, 7) is 6.04. The highest BCUT2D eigenvalue weighted by Gasteiger charge is 2.39. The van der Waals surface area contributed by atoms with Crippen molar-refractivity contribution < 1.29 is 23.8 Å². The fraction of sp³-hybridized carbons (Fsp3) is 0.579. The lowest BCUT2D eigenvalue weighted by Gasteiger charge is -2.30. The standard InChI is InChI=1S/C19H27NO5/c1-12(2)10-23-17-13(3)25-19(22)16(20)11-24-18(21)15(17)9-14-7-5-4-6-8-14/h4-8,12-13,15-17H,9-11,20H2,1-3H3/t13-,15+,16-,17-/m0/s1. The summed E-state index contributed by atoms with van der Waals surface area (Å²) in [5, 5.41) is 0. The van der Waals surface area contributed by atoms with Gasteiger partial charge in [-0.3, -0.25) is 9.59 Å². The molecule has 2 rings (SSSR count). The molecular formula is C19H27NO5. The first kappa shape index (κ1) is 19.4. The summed E-state index contributed by atoms with van der Waals surface area (Å²) in [6.07, 6.45) is -0.749. The minimum absolute atomic E-state index is 0.188. The van der Waals surface area contributed by atoms with Crippen LogP contribution in [-0.4, -0.2) is 43.4 Å². The summed E-state index contributed by atoms with van der Waals surface area (Å²) in [5.41, 5.74) is 6.71. The van der Waals surface area contributed by atoms with Crippen molar-refractivity contribution in [2.24, 2.45) is 17.6 Å². The average Bonchev–Trinajstić information content (AvgIpc) is 2.61. The molecule has 0 aliphatic carbocycles. The number of benzene rings is 1. The second-order valence-corrected chi connectivity index (χ2v) is 6.87. The Bertz CT molecular complexity index is 574. The maximum atomic E-state index is 12.7. The zero-order valence-corrected chi connectivity index (χ0v) is 15.0. The molecule has 0 radical (unpaired) electrons. The van der Waals surface area contributed by atoms with Crippen molar-refractivity contribution >= 4 is 11.9 Å². The Kier molecular flexibility index (Phi) is 6.96. The van der Waals surface area contributed by atoms with Gasteiger partial charge in [-0.05, 0) is 24.8 Å². The monoisotopic (exact) mass is 349 g/mol. The van der Waals surface area contributed by atoms with E-state index in [1.165, 1.54) is 0 Å². The van der Waals surface area contributed by atoms with Crippen LogP contribution < -0.4 is 5.73 Å². The van der Waals surface area contributed by atoms with E-state index in [1.807, 2.05) is 44.2 Å². The van der Waals surface area contributed by atoms with Crippen LogP contribution in [0.4, 0.5) is 0 Å².